The summed E-state index contributed by atoms with van der Waals surface area (Å²) in [6.45, 7) is 7.77. The van der Waals surface area contributed by atoms with E-state index in [4.69, 9.17) is 11.6 Å². The Morgan fingerprint density at radius 3 is 2.46 bits per heavy atom. The molecule has 0 radical (unpaired) electrons. The van der Waals surface area contributed by atoms with E-state index in [0.29, 0.717) is 12.0 Å². The number of rotatable bonds is 4. The molecule has 4 rings (SSSR count). The van der Waals surface area contributed by atoms with Crippen LogP contribution in [0.4, 0.5) is 5.82 Å². The van der Waals surface area contributed by atoms with Crippen LogP contribution in [0.5, 0.6) is 0 Å². The summed E-state index contributed by atoms with van der Waals surface area (Å²) in [4.78, 5) is 2.47. The van der Waals surface area contributed by atoms with Crippen LogP contribution in [0.25, 0.3) is 22.0 Å². The molecule has 3 aromatic rings. The molecule has 1 saturated heterocycles. The smallest absolute Gasteiger partial charge is 0.156 e. The molecule has 1 aliphatic heterocycles. The van der Waals surface area contributed by atoms with Gasteiger partial charge in [-0.25, -0.2) is 0 Å². The zero-order valence-electron chi connectivity index (χ0n) is 15.1. The maximum absolute atomic E-state index is 6.03. The van der Waals surface area contributed by atoms with Crippen LogP contribution in [0, 0.1) is 5.92 Å². The van der Waals surface area contributed by atoms with Gasteiger partial charge in [-0.05, 0) is 24.6 Å². The van der Waals surface area contributed by atoms with Gasteiger partial charge < -0.3 is 10.2 Å². The fourth-order valence-electron chi connectivity index (χ4n) is 3.72. The number of nitrogens with one attached hydrogen (secondary N) is 1. The van der Waals surface area contributed by atoms with Crippen molar-refractivity contribution in [2.75, 3.05) is 25.0 Å². The second-order valence-corrected chi connectivity index (χ2v) is 7.47. The molecule has 1 aromatic heterocycles. The van der Waals surface area contributed by atoms with Crippen molar-refractivity contribution in [2.45, 2.75) is 19.9 Å². The highest BCUT2D eigenvalue weighted by atomic mass is 35.5. The first-order chi connectivity index (χ1) is 12.7. The van der Waals surface area contributed by atoms with E-state index in [1.54, 1.807) is 0 Å². The number of anilines is 1. The summed E-state index contributed by atoms with van der Waals surface area (Å²) < 4.78 is 0. The lowest BCUT2D eigenvalue weighted by atomic mass is 10.0. The third-order valence-electron chi connectivity index (χ3n) is 5.26. The number of hydrogen-bond acceptors (Lipinski definition) is 4. The van der Waals surface area contributed by atoms with E-state index in [1.807, 2.05) is 30.3 Å². The molecule has 4 nitrogen and oxygen atoms in total. The molecule has 5 heteroatoms. The third-order valence-corrected chi connectivity index (χ3v) is 5.51. The largest absolute Gasteiger partial charge is 0.364 e. The first-order valence-electron chi connectivity index (χ1n) is 9.16. The predicted molar refractivity (Wildman–Crippen MR) is 109 cm³/mol. The first-order valence-corrected chi connectivity index (χ1v) is 9.53. The standard InChI is InChI=1S/C21H23ClN4/c1-3-26-12-14(2)19(13-26)23-21-18-7-5-4-6-17(18)20(24-25-21)15-8-10-16(22)11-9-15/h4-11,14,19H,3,12-13H2,1-2H3,(H,23,25). The minimum atomic E-state index is 0.397. The molecule has 26 heavy (non-hydrogen) atoms. The molecule has 2 unspecified atom stereocenters. The third kappa shape index (κ3) is 3.27. The summed E-state index contributed by atoms with van der Waals surface area (Å²) >= 11 is 6.03. The predicted octanol–water partition coefficient (Wildman–Crippen LogP) is 4.70. The van der Waals surface area contributed by atoms with Crippen molar-refractivity contribution in [3.63, 3.8) is 0 Å². The molecule has 0 amide bonds. The SMILES string of the molecule is CCN1CC(C)C(Nc2nnc(-c3ccc(Cl)cc3)c3ccccc23)C1. The van der Waals surface area contributed by atoms with E-state index in [-0.39, 0.29) is 0 Å². The number of nitrogens with zero attached hydrogens (tertiary/aromatic N) is 3. The highest BCUT2D eigenvalue weighted by Crippen LogP contribution is 2.31. The fourth-order valence-corrected chi connectivity index (χ4v) is 3.85. The Labute approximate surface area is 159 Å². The van der Waals surface area contributed by atoms with Gasteiger partial charge in [0.05, 0.1) is 0 Å². The lowest BCUT2D eigenvalue weighted by molar-refractivity contribution is 0.346. The molecule has 1 aliphatic rings. The van der Waals surface area contributed by atoms with Crippen LogP contribution in [0.1, 0.15) is 13.8 Å². The summed E-state index contributed by atoms with van der Waals surface area (Å²) in [5.41, 5.74) is 1.91. The van der Waals surface area contributed by atoms with E-state index < -0.39 is 0 Å². The highest BCUT2D eigenvalue weighted by Gasteiger charge is 2.29. The van der Waals surface area contributed by atoms with E-state index in [1.165, 1.54) is 0 Å². The van der Waals surface area contributed by atoms with Gasteiger partial charge in [0.2, 0.25) is 0 Å². The Kier molecular flexibility index (Phi) is 4.79. The van der Waals surface area contributed by atoms with Crippen LogP contribution in [-0.2, 0) is 0 Å². The van der Waals surface area contributed by atoms with Crippen molar-refractivity contribution in [1.29, 1.82) is 0 Å². The molecule has 0 aliphatic carbocycles. The number of hydrogen-bond donors (Lipinski definition) is 1. The summed E-state index contributed by atoms with van der Waals surface area (Å²) in [5.74, 6) is 1.46. The second kappa shape index (κ2) is 7.22. The van der Waals surface area contributed by atoms with Crippen molar-refractivity contribution in [1.82, 2.24) is 15.1 Å². The highest BCUT2D eigenvalue weighted by molar-refractivity contribution is 6.30. The summed E-state index contributed by atoms with van der Waals surface area (Å²) in [6.07, 6.45) is 0. The number of fused-ring (bicyclic) bond motifs is 1. The average molecular weight is 367 g/mol. The average Bonchev–Trinajstić information content (AvgIpc) is 3.03. The van der Waals surface area contributed by atoms with Crippen molar-refractivity contribution in [3.05, 3.63) is 53.6 Å². The zero-order chi connectivity index (χ0) is 18.1. The molecule has 2 heterocycles. The van der Waals surface area contributed by atoms with Gasteiger partial charge >= 0.3 is 0 Å². The summed E-state index contributed by atoms with van der Waals surface area (Å²) in [6, 6.07) is 16.5. The number of likely N-dealkylation sites (tertiary alicyclic amines) is 1. The lowest BCUT2D eigenvalue weighted by Crippen LogP contribution is -2.28. The number of aromatic nitrogens is 2. The van der Waals surface area contributed by atoms with Gasteiger partial charge in [0, 0.05) is 40.5 Å². The Bertz CT molecular complexity index is 910. The van der Waals surface area contributed by atoms with Gasteiger partial charge in [-0.3, -0.25) is 0 Å². The molecular formula is C21H23ClN4. The Morgan fingerprint density at radius 2 is 1.77 bits per heavy atom. The van der Waals surface area contributed by atoms with Gasteiger partial charge in [-0.2, -0.15) is 0 Å². The summed E-state index contributed by atoms with van der Waals surface area (Å²) in [7, 11) is 0. The number of benzene rings is 2. The zero-order valence-corrected chi connectivity index (χ0v) is 15.9. The van der Waals surface area contributed by atoms with Crippen LogP contribution < -0.4 is 5.32 Å². The van der Waals surface area contributed by atoms with Crippen LogP contribution in [0.3, 0.4) is 0 Å². The van der Waals surface area contributed by atoms with E-state index in [9.17, 15) is 0 Å². The molecular weight excluding hydrogens is 344 g/mol. The van der Waals surface area contributed by atoms with E-state index in [0.717, 1.165) is 52.5 Å². The first kappa shape index (κ1) is 17.3. The minimum absolute atomic E-state index is 0.397. The molecule has 0 spiro atoms. The van der Waals surface area contributed by atoms with Gasteiger partial charge in [-0.15, -0.1) is 10.2 Å². The monoisotopic (exact) mass is 366 g/mol. The van der Waals surface area contributed by atoms with Crippen LogP contribution in [0.15, 0.2) is 48.5 Å². The van der Waals surface area contributed by atoms with Gasteiger partial charge in [0.25, 0.3) is 0 Å². The molecule has 0 bridgehead atoms. The molecule has 2 atom stereocenters. The normalized spacial score (nSPS) is 20.6. The maximum atomic E-state index is 6.03. The minimum Gasteiger partial charge on any atom is -0.364 e. The van der Waals surface area contributed by atoms with Crippen molar-refractivity contribution in [3.8, 4) is 11.3 Å². The van der Waals surface area contributed by atoms with Gasteiger partial charge in [0.15, 0.2) is 5.82 Å². The molecule has 0 saturated carbocycles. The van der Waals surface area contributed by atoms with Crippen LogP contribution >= 0.6 is 11.6 Å². The van der Waals surface area contributed by atoms with Crippen LogP contribution in [-0.4, -0.2) is 40.8 Å². The van der Waals surface area contributed by atoms with Crippen molar-refractivity contribution in [2.24, 2.45) is 5.92 Å². The van der Waals surface area contributed by atoms with Crippen molar-refractivity contribution >= 4 is 28.2 Å². The quantitative estimate of drug-likeness (QED) is 0.726. The Hall–Kier alpha value is -2.17. The van der Waals surface area contributed by atoms with E-state index >= 15 is 0 Å². The second-order valence-electron chi connectivity index (χ2n) is 7.03. The fraction of sp³-hybridized carbons (Fsp3) is 0.333. The van der Waals surface area contributed by atoms with Crippen molar-refractivity contribution < 1.29 is 0 Å². The molecule has 1 N–H and O–H groups in total. The lowest BCUT2D eigenvalue weighted by Gasteiger charge is -2.19. The Morgan fingerprint density at radius 1 is 1.04 bits per heavy atom. The molecule has 134 valence electrons. The number of halogens is 1. The number of likely N-dealkylation sites (N-methyl/N-ethyl adjacent to an activating group) is 1. The van der Waals surface area contributed by atoms with Crippen LogP contribution in [0.2, 0.25) is 5.02 Å². The van der Waals surface area contributed by atoms with Gasteiger partial charge in [-0.1, -0.05) is 61.8 Å². The van der Waals surface area contributed by atoms with Gasteiger partial charge in [0.1, 0.15) is 5.69 Å². The maximum Gasteiger partial charge on any atom is 0.156 e. The topological polar surface area (TPSA) is 41.0 Å². The summed E-state index contributed by atoms with van der Waals surface area (Å²) in [5, 5.41) is 15.7. The van der Waals surface area contributed by atoms with E-state index in [2.05, 4.69) is 52.5 Å². The molecule has 2 aromatic carbocycles. The Balaban J connectivity index is 1.72. The molecule has 1 fully saturated rings.